The highest BCUT2D eigenvalue weighted by Crippen LogP contribution is 2.21. The lowest BCUT2D eigenvalue weighted by atomic mass is 10.3. The first-order chi connectivity index (χ1) is 14.1. The van der Waals surface area contributed by atoms with Gasteiger partial charge in [-0.25, -0.2) is 4.68 Å². The number of para-hydroxylation sites is 1. The van der Waals surface area contributed by atoms with E-state index in [1.807, 2.05) is 30.3 Å². The number of amides is 2. The van der Waals surface area contributed by atoms with Gasteiger partial charge in [0.2, 0.25) is 5.91 Å². The van der Waals surface area contributed by atoms with Crippen molar-refractivity contribution in [2.75, 3.05) is 12.4 Å². The largest absolute Gasteiger partial charge is 0.451 e. The van der Waals surface area contributed by atoms with Crippen molar-refractivity contribution in [2.45, 2.75) is 6.54 Å². The van der Waals surface area contributed by atoms with E-state index in [2.05, 4.69) is 20.8 Å². The third kappa shape index (κ3) is 3.93. The summed E-state index contributed by atoms with van der Waals surface area (Å²) in [5, 5.41) is 13.8. The molecular formula is C20H18N6O3. The summed E-state index contributed by atoms with van der Waals surface area (Å²) >= 11 is 0. The van der Waals surface area contributed by atoms with Crippen molar-refractivity contribution in [2.24, 2.45) is 0 Å². The highest BCUT2D eigenvalue weighted by molar-refractivity contribution is 5.92. The van der Waals surface area contributed by atoms with Crippen LogP contribution in [0.3, 0.4) is 0 Å². The van der Waals surface area contributed by atoms with E-state index in [0.29, 0.717) is 17.1 Å². The molecule has 0 aliphatic heterocycles. The first-order valence-electron chi connectivity index (χ1n) is 8.88. The quantitative estimate of drug-likeness (QED) is 0.525. The number of anilines is 1. The molecule has 1 aromatic carbocycles. The second-order valence-corrected chi connectivity index (χ2v) is 6.18. The molecule has 0 radical (unpaired) electrons. The van der Waals surface area contributed by atoms with Crippen molar-refractivity contribution in [3.05, 3.63) is 72.9 Å². The minimum absolute atomic E-state index is 0.0168. The Bertz CT molecular complexity index is 1140. The summed E-state index contributed by atoms with van der Waals surface area (Å²) in [7, 11) is 1.53. The van der Waals surface area contributed by atoms with Crippen LogP contribution in [0.25, 0.3) is 17.0 Å². The van der Waals surface area contributed by atoms with E-state index in [-0.39, 0.29) is 24.1 Å². The lowest BCUT2D eigenvalue weighted by molar-refractivity contribution is -0.116. The molecule has 0 aliphatic rings. The molecule has 146 valence electrons. The van der Waals surface area contributed by atoms with Crippen molar-refractivity contribution >= 4 is 17.6 Å². The summed E-state index contributed by atoms with van der Waals surface area (Å²) in [5.41, 5.74) is 1.51. The van der Waals surface area contributed by atoms with Gasteiger partial charge in [0.1, 0.15) is 18.1 Å². The molecule has 9 heteroatoms. The van der Waals surface area contributed by atoms with Gasteiger partial charge in [0.25, 0.3) is 5.91 Å². The lowest BCUT2D eigenvalue weighted by Crippen LogP contribution is -2.20. The van der Waals surface area contributed by atoms with Gasteiger partial charge in [0, 0.05) is 19.3 Å². The van der Waals surface area contributed by atoms with Gasteiger partial charge >= 0.3 is 0 Å². The van der Waals surface area contributed by atoms with Crippen LogP contribution in [0.2, 0.25) is 0 Å². The third-order valence-electron chi connectivity index (χ3n) is 4.19. The predicted molar refractivity (Wildman–Crippen MR) is 106 cm³/mol. The molecule has 0 unspecified atom stereocenters. The molecule has 4 aromatic rings. The van der Waals surface area contributed by atoms with Crippen LogP contribution in [0.1, 0.15) is 10.6 Å². The average Bonchev–Trinajstić information content (AvgIpc) is 3.48. The Hall–Kier alpha value is -4.14. The zero-order chi connectivity index (χ0) is 20.2. The van der Waals surface area contributed by atoms with Gasteiger partial charge in [0.15, 0.2) is 5.76 Å². The molecular weight excluding hydrogens is 372 g/mol. The Kier molecular flexibility index (Phi) is 4.93. The van der Waals surface area contributed by atoms with Crippen molar-refractivity contribution in [1.82, 2.24) is 24.9 Å². The van der Waals surface area contributed by atoms with Gasteiger partial charge in [-0.05, 0) is 24.3 Å². The molecule has 0 bridgehead atoms. The van der Waals surface area contributed by atoms with Crippen LogP contribution in [-0.2, 0) is 11.3 Å². The van der Waals surface area contributed by atoms with Gasteiger partial charge in [-0.1, -0.05) is 18.2 Å². The maximum Gasteiger partial charge on any atom is 0.286 e. The highest BCUT2D eigenvalue weighted by atomic mass is 16.3. The molecule has 0 aliphatic carbocycles. The Morgan fingerprint density at radius 3 is 2.69 bits per heavy atom. The summed E-state index contributed by atoms with van der Waals surface area (Å²) in [6.07, 6.45) is 4.88. The number of nitrogens with one attached hydrogen (secondary N) is 2. The topological polar surface area (TPSA) is 107 Å². The Morgan fingerprint density at radius 2 is 1.90 bits per heavy atom. The second-order valence-electron chi connectivity index (χ2n) is 6.18. The zero-order valence-corrected chi connectivity index (χ0v) is 15.6. The number of nitrogens with zero attached hydrogens (tertiary/aromatic N) is 4. The summed E-state index contributed by atoms with van der Waals surface area (Å²) in [5.74, 6) is 0.718. The molecule has 0 atom stereocenters. The van der Waals surface area contributed by atoms with Gasteiger partial charge in [-0.2, -0.15) is 10.2 Å². The molecule has 2 amide bonds. The number of hydrogen-bond acceptors (Lipinski definition) is 5. The molecule has 3 heterocycles. The summed E-state index contributed by atoms with van der Waals surface area (Å²) in [6.45, 7) is 0.0168. The zero-order valence-electron chi connectivity index (χ0n) is 15.6. The van der Waals surface area contributed by atoms with Gasteiger partial charge in [-0.15, -0.1) is 0 Å². The van der Waals surface area contributed by atoms with Crippen molar-refractivity contribution in [1.29, 1.82) is 0 Å². The Balaban J connectivity index is 1.44. The summed E-state index contributed by atoms with van der Waals surface area (Å²) in [6, 6.07) is 14.5. The lowest BCUT2D eigenvalue weighted by Gasteiger charge is -2.09. The standard InChI is InChI=1S/C20H18N6O3/c1-21-20(28)17-8-7-16(29-17)14-11-23-25(12-14)13-19(27)24-18-9-10-22-26(18)15-5-3-2-4-6-15/h2-12H,13H2,1H3,(H,21,28)(H,24,27). The third-order valence-corrected chi connectivity index (χ3v) is 4.19. The fourth-order valence-electron chi connectivity index (χ4n) is 2.82. The van der Waals surface area contributed by atoms with E-state index in [1.165, 1.54) is 11.7 Å². The number of hydrogen-bond donors (Lipinski definition) is 2. The van der Waals surface area contributed by atoms with Crippen LogP contribution in [0.15, 0.2) is 71.5 Å². The normalized spacial score (nSPS) is 10.7. The van der Waals surface area contributed by atoms with Gasteiger partial charge < -0.3 is 15.1 Å². The molecule has 0 saturated carbocycles. The van der Waals surface area contributed by atoms with E-state index in [0.717, 1.165) is 5.69 Å². The Labute approximate surface area is 165 Å². The molecule has 3 aromatic heterocycles. The molecule has 2 N–H and O–H groups in total. The van der Waals surface area contributed by atoms with E-state index in [4.69, 9.17) is 4.42 Å². The van der Waals surface area contributed by atoms with Crippen LogP contribution in [-0.4, -0.2) is 38.4 Å². The van der Waals surface area contributed by atoms with E-state index in [1.54, 1.807) is 41.5 Å². The van der Waals surface area contributed by atoms with Gasteiger partial charge in [-0.3, -0.25) is 14.3 Å². The molecule has 0 fully saturated rings. The van der Waals surface area contributed by atoms with Crippen LogP contribution in [0.4, 0.5) is 5.82 Å². The minimum Gasteiger partial charge on any atom is -0.451 e. The fraction of sp³-hybridized carbons (Fsp3) is 0.100. The molecule has 4 rings (SSSR count). The monoisotopic (exact) mass is 390 g/mol. The maximum atomic E-state index is 12.5. The number of rotatable bonds is 6. The Morgan fingerprint density at radius 1 is 1.07 bits per heavy atom. The maximum absolute atomic E-state index is 12.5. The average molecular weight is 390 g/mol. The van der Waals surface area contributed by atoms with Crippen LogP contribution in [0.5, 0.6) is 0 Å². The number of aromatic nitrogens is 4. The van der Waals surface area contributed by atoms with E-state index < -0.39 is 0 Å². The highest BCUT2D eigenvalue weighted by Gasteiger charge is 2.14. The SMILES string of the molecule is CNC(=O)c1ccc(-c2cnn(CC(=O)Nc3ccnn3-c3ccccc3)c2)o1. The van der Waals surface area contributed by atoms with Crippen molar-refractivity contribution < 1.29 is 14.0 Å². The summed E-state index contributed by atoms with van der Waals surface area (Å²) < 4.78 is 8.66. The number of furan rings is 1. The smallest absolute Gasteiger partial charge is 0.286 e. The first kappa shape index (κ1) is 18.2. The fourth-order valence-corrected chi connectivity index (χ4v) is 2.82. The first-order valence-corrected chi connectivity index (χ1v) is 8.88. The van der Waals surface area contributed by atoms with Crippen LogP contribution in [0, 0.1) is 0 Å². The summed E-state index contributed by atoms with van der Waals surface area (Å²) in [4.78, 5) is 24.1. The van der Waals surface area contributed by atoms with E-state index >= 15 is 0 Å². The molecule has 0 spiro atoms. The second kappa shape index (κ2) is 7.85. The number of carbonyl (C=O) groups is 2. The van der Waals surface area contributed by atoms with Crippen molar-refractivity contribution in [3.63, 3.8) is 0 Å². The minimum atomic E-state index is -0.307. The molecule has 29 heavy (non-hydrogen) atoms. The number of carbonyl (C=O) groups excluding carboxylic acids is 2. The van der Waals surface area contributed by atoms with E-state index in [9.17, 15) is 9.59 Å². The predicted octanol–water partition coefficient (Wildman–Crippen LogP) is 2.33. The van der Waals surface area contributed by atoms with Gasteiger partial charge in [0.05, 0.1) is 23.6 Å². The van der Waals surface area contributed by atoms with Crippen LogP contribution < -0.4 is 10.6 Å². The molecule has 0 saturated heterocycles. The van der Waals surface area contributed by atoms with Crippen LogP contribution >= 0.6 is 0 Å². The van der Waals surface area contributed by atoms with Crippen molar-refractivity contribution in [3.8, 4) is 17.0 Å². The molecule has 9 nitrogen and oxygen atoms in total. The number of benzene rings is 1.